The van der Waals surface area contributed by atoms with Crippen molar-refractivity contribution in [2.24, 2.45) is 0 Å². The second-order valence-electron chi connectivity index (χ2n) is 8.22. The van der Waals surface area contributed by atoms with Gasteiger partial charge in [0.15, 0.2) is 0 Å². The van der Waals surface area contributed by atoms with Gasteiger partial charge in [0.05, 0.1) is 40.2 Å². The van der Waals surface area contributed by atoms with Gasteiger partial charge in [0.1, 0.15) is 11.6 Å². The first kappa shape index (κ1) is 20.5. The number of aryl methyl sites for hydroxylation is 1. The van der Waals surface area contributed by atoms with Crippen LogP contribution >= 0.6 is 0 Å². The van der Waals surface area contributed by atoms with Crippen molar-refractivity contribution in [3.8, 4) is 11.1 Å². The highest BCUT2D eigenvalue weighted by Gasteiger charge is 2.29. The van der Waals surface area contributed by atoms with E-state index in [1.54, 1.807) is 23.6 Å². The van der Waals surface area contributed by atoms with Crippen LogP contribution in [-0.2, 0) is 0 Å². The first-order chi connectivity index (χ1) is 14.3. The third kappa shape index (κ3) is 3.37. The van der Waals surface area contributed by atoms with Crippen molar-refractivity contribution in [3.63, 3.8) is 0 Å². The molecule has 1 amide bonds. The lowest BCUT2D eigenvalue weighted by atomic mass is 9.99. The molecule has 0 radical (unpaired) electrons. The number of aliphatic hydroxyl groups is 1. The van der Waals surface area contributed by atoms with Crippen LogP contribution in [0.25, 0.3) is 16.6 Å². The number of hydrogen-bond acceptors (Lipinski definition) is 3. The van der Waals surface area contributed by atoms with Crippen molar-refractivity contribution >= 4 is 11.4 Å². The fourth-order valence-electron chi connectivity index (χ4n) is 4.39. The van der Waals surface area contributed by atoms with Crippen molar-refractivity contribution in [1.82, 2.24) is 14.9 Å². The van der Waals surface area contributed by atoms with Crippen LogP contribution in [-0.4, -0.2) is 32.8 Å². The molecule has 7 heteroatoms. The molecule has 4 rings (SSSR count). The monoisotopic (exact) mass is 413 g/mol. The molecule has 0 bridgehead atoms. The molecule has 1 aliphatic carbocycles. The lowest BCUT2D eigenvalue weighted by Crippen LogP contribution is -2.40. The number of aromatic nitrogens is 2. The minimum Gasteiger partial charge on any atom is -0.391 e. The summed E-state index contributed by atoms with van der Waals surface area (Å²) in [5.41, 5.74) is 2.38. The van der Waals surface area contributed by atoms with E-state index in [0.29, 0.717) is 34.5 Å². The highest BCUT2D eigenvalue weighted by Crippen LogP contribution is 2.35. The Bertz CT molecular complexity index is 1100. The summed E-state index contributed by atoms with van der Waals surface area (Å²) in [7, 11) is 0. The molecule has 5 nitrogen and oxygen atoms in total. The number of nitrogens with zero attached hydrogens (tertiary/aromatic N) is 2. The normalized spacial score (nSPS) is 19.0. The molecule has 0 saturated heterocycles. The number of nitrogens with one attached hydrogen (secondary N) is 1. The SMILES string of the molecule is Cc1nn2c(C(C)C)c(C(=O)N[C@H]3CCC[C@H]3O)ccc2c1-c1c(F)cccc1F. The molecule has 0 unspecified atom stereocenters. The van der Waals surface area contributed by atoms with Crippen LogP contribution in [0.1, 0.15) is 60.8 Å². The average Bonchev–Trinajstić information content (AvgIpc) is 3.23. The van der Waals surface area contributed by atoms with Gasteiger partial charge >= 0.3 is 0 Å². The Morgan fingerprint density at radius 2 is 1.87 bits per heavy atom. The maximum atomic E-state index is 14.5. The van der Waals surface area contributed by atoms with Crippen LogP contribution in [0.15, 0.2) is 30.3 Å². The van der Waals surface area contributed by atoms with E-state index in [9.17, 15) is 18.7 Å². The largest absolute Gasteiger partial charge is 0.391 e. The summed E-state index contributed by atoms with van der Waals surface area (Å²) in [6, 6.07) is 6.85. The molecule has 0 spiro atoms. The molecule has 1 aromatic carbocycles. The van der Waals surface area contributed by atoms with Crippen molar-refractivity contribution in [2.75, 3.05) is 0 Å². The maximum Gasteiger partial charge on any atom is 0.253 e. The zero-order valence-electron chi connectivity index (χ0n) is 17.2. The minimum atomic E-state index is -0.656. The summed E-state index contributed by atoms with van der Waals surface area (Å²) in [6.45, 7) is 5.58. The van der Waals surface area contributed by atoms with Gasteiger partial charge < -0.3 is 10.4 Å². The molecule has 2 aromatic heterocycles. The van der Waals surface area contributed by atoms with Gasteiger partial charge in [-0.05, 0) is 56.4 Å². The molecule has 1 fully saturated rings. The van der Waals surface area contributed by atoms with Crippen LogP contribution in [0, 0.1) is 18.6 Å². The second-order valence-corrected chi connectivity index (χ2v) is 8.22. The first-order valence-electron chi connectivity index (χ1n) is 10.2. The Labute approximate surface area is 173 Å². The molecule has 3 aromatic rings. The van der Waals surface area contributed by atoms with E-state index in [4.69, 9.17) is 0 Å². The Balaban J connectivity index is 1.86. The van der Waals surface area contributed by atoms with Crippen LogP contribution in [0.5, 0.6) is 0 Å². The third-order valence-corrected chi connectivity index (χ3v) is 5.81. The minimum absolute atomic E-state index is 0.0689. The van der Waals surface area contributed by atoms with E-state index in [1.807, 2.05) is 13.8 Å². The Morgan fingerprint density at radius 3 is 2.47 bits per heavy atom. The summed E-state index contributed by atoms with van der Waals surface area (Å²) in [4.78, 5) is 13.0. The highest BCUT2D eigenvalue weighted by molar-refractivity contribution is 5.97. The highest BCUT2D eigenvalue weighted by atomic mass is 19.1. The topological polar surface area (TPSA) is 66.6 Å². The summed E-state index contributed by atoms with van der Waals surface area (Å²) in [5.74, 6) is -1.66. The van der Waals surface area contributed by atoms with Crippen LogP contribution in [0.4, 0.5) is 8.78 Å². The summed E-state index contributed by atoms with van der Waals surface area (Å²) in [6.07, 6.45) is 1.75. The van der Waals surface area contributed by atoms with Crippen molar-refractivity contribution in [1.29, 1.82) is 0 Å². The maximum absolute atomic E-state index is 14.5. The summed E-state index contributed by atoms with van der Waals surface area (Å²) in [5, 5.41) is 17.5. The fraction of sp³-hybridized carbons (Fsp3) is 0.391. The van der Waals surface area contributed by atoms with Crippen LogP contribution < -0.4 is 5.32 Å². The lowest BCUT2D eigenvalue weighted by Gasteiger charge is -2.19. The van der Waals surface area contributed by atoms with Crippen LogP contribution in [0.2, 0.25) is 0 Å². The number of pyridine rings is 1. The molecule has 1 aliphatic rings. The number of hydrogen-bond donors (Lipinski definition) is 2. The van der Waals surface area contributed by atoms with E-state index in [2.05, 4.69) is 10.4 Å². The van der Waals surface area contributed by atoms with Gasteiger partial charge in [-0.15, -0.1) is 0 Å². The smallest absolute Gasteiger partial charge is 0.253 e. The summed E-state index contributed by atoms with van der Waals surface area (Å²) < 4.78 is 30.6. The molecule has 0 aliphatic heterocycles. The Kier molecular flexibility index (Phi) is 5.32. The number of benzene rings is 1. The van der Waals surface area contributed by atoms with Crippen molar-refractivity contribution in [2.45, 2.75) is 58.1 Å². The zero-order chi connectivity index (χ0) is 21.6. The first-order valence-corrected chi connectivity index (χ1v) is 10.2. The van der Waals surface area contributed by atoms with E-state index in [1.165, 1.54) is 18.2 Å². The average molecular weight is 413 g/mol. The molecule has 2 atom stereocenters. The fourth-order valence-corrected chi connectivity index (χ4v) is 4.39. The van der Waals surface area contributed by atoms with Crippen LogP contribution in [0.3, 0.4) is 0 Å². The number of rotatable bonds is 4. The molecular formula is C23H25F2N3O2. The number of carbonyl (C=O) groups excluding carboxylic acids is 1. The van der Waals surface area contributed by atoms with Gasteiger partial charge in [0.2, 0.25) is 0 Å². The molecule has 2 heterocycles. The number of fused-ring (bicyclic) bond motifs is 1. The van der Waals surface area contributed by atoms with Gasteiger partial charge in [-0.1, -0.05) is 19.9 Å². The standard InChI is InChI=1S/C23H25F2N3O2/c1-12(2)22-14(23(30)26-17-8-5-9-19(17)29)10-11-18-20(13(3)27-28(18)22)21-15(24)6-4-7-16(21)25/h4,6-7,10-12,17,19,29H,5,8-9H2,1-3H3,(H,26,30)/t17-,19+/m0/s1. The number of halogens is 2. The zero-order valence-corrected chi connectivity index (χ0v) is 17.2. The third-order valence-electron chi connectivity index (χ3n) is 5.81. The molecule has 30 heavy (non-hydrogen) atoms. The van der Waals surface area contributed by atoms with Gasteiger partial charge in [0.25, 0.3) is 5.91 Å². The van der Waals surface area contributed by atoms with Gasteiger partial charge in [-0.25, -0.2) is 13.3 Å². The predicted molar refractivity (Wildman–Crippen MR) is 110 cm³/mol. The lowest BCUT2D eigenvalue weighted by molar-refractivity contribution is 0.0871. The molecule has 158 valence electrons. The van der Waals surface area contributed by atoms with E-state index in [0.717, 1.165) is 12.8 Å². The van der Waals surface area contributed by atoms with Gasteiger partial charge in [0, 0.05) is 5.56 Å². The molecule has 2 N–H and O–H groups in total. The van der Waals surface area contributed by atoms with Gasteiger partial charge in [-0.3, -0.25) is 4.79 Å². The van der Waals surface area contributed by atoms with Gasteiger partial charge in [-0.2, -0.15) is 5.10 Å². The molecular weight excluding hydrogens is 388 g/mol. The Morgan fingerprint density at radius 1 is 1.17 bits per heavy atom. The molecule has 1 saturated carbocycles. The predicted octanol–water partition coefficient (Wildman–Crippen LogP) is 4.35. The van der Waals surface area contributed by atoms with E-state index < -0.39 is 17.7 Å². The Hall–Kier alpha value is -2.80. The quantitative estimate of drug-likeness (QED) is 0.668. The second kappa shape index (κ2) is 7.80. The van der Waals surface area contributed by atoms with E-state index >= 15 is 0 Å². The number of carbonyl (C=O) groups is 1. The van der Waals surface area contributed by atoms with E-state index in [-0.39, 0.29) is 23.4 Å². The van der Waals surface area contributed by atoms with Crippen molar-refractivity contribution < 1.29 is 18.7 Å². The number of aliphatic hydroxyl groups excluding tert-OH is 1. The van der Waals surface area contributed by atoms with Crippen molar-refractivity contribution in [3.05, 3.63) is 58.9 Å². The summed E-state index contributed by atoms with van der Waals surface area (Å²) >= 11 is 0. The number of amides is 1.